The number of hydrogen-bond donors (Lipinski definition) is 1. The van der Waals surface area contributed by atoms with Crippen LogP contribution in [0.5, 0.6) is 0 Å². The Hall–Kier alpha value is -2.51. The quantitative estimate of drug-likeness (QED) is 0.665. The van der Waals surface area contributed by atoms with Crippen LogP contribution in [0, 0.1) is 5.82 Å². The van der Waals surface area contributed by atoms with Crippen molar-refractivity contribution in [1.29, 1.82) is 0 Å². The number of aromatic carboxylic acids is 1. The first-order valence-corrected chi connectivity index (χ1v) is 8.05. The highest BCUT2D eigenvalue weighted by Crippen LogP contribution is 2.36. The number of rotatable bonds is 3. The molecule has 1 heterocycles. The molecule has 0 spiro atoms. The van der Waals surface area contributed by atoms with E-state index >= 15 is 0 Å². The Morgan fingerprint density at radius 2 is 1.96 bits per heavy atom. The van der Waals surface area contributed by atoms with Crippen LogP contribution in [0.4, 0.5) is 10.1 Å². The molecule has 1 N–H and O–H groups in total. The molecule has 1 fully saturated rings. The summed E-state index contributed by atoms with van der Waals surface area (Å²) in [5.41, 5.74) is 0.714. The smallest absolute Gasteiger partial charge is 0.335 e. The summed E-state index contributed by atoms with van der Waals surface area (Å²) in [6.07, 6.45) is 1.44. The zero-order valence-corrected chi connectivity index (χ0v) is 13.7. The standard InChI is InChI=1S/C17H10FNO3S2/c18-13-7-2-1-4-10(13)9-14-15(20)19(17(23)24-14)12-6-3-5-11(8-12)16(21)22/h1-9H,(H,21,22)/b14-9-. The first-order valence-electron chi connectivity index (χ1n) is 6.83. The van der Waals surface area contributed by atoms with Crippen molar-refractivity contribution >= 4 is 51.9 Å². The average molecular weight is 359 g/mol. The van der Waals surface area contributed by atoms with Crippen LogP contribution < -0.4 is 4.90 Å². The van der Waals surface area contributed by atoms with Crippen molar-refractivity contribution in [3.8, 4) is 0 Å². The third kappa shape index (κ3) is 3.08. The summed E-state index contributed by atoms with van der Waals surface area (Å²) < 4.78 is 14.0. The lowest BCUT2D eigenvalue weighted by molar-refractivity contribution is -0.113. The summed E-state index contributed by atoms with van der Waals surface area (Å²) in [6, 6.07) is 12.1. The SMILES string of the molecule is O=C(O)c1cccc(N2C(=O)/C(=C/c3ccccc3F)SC2=S)c1. The number of halogens is 1. The average Bonchev–Trinajstić information content (AvgIpc) is 2.83. The van der Waals surface area contributed by atoms with Crippen molar-refractivity contribution in [2.24, 2.45) is 0 Å². The minimum absolute atomic E-state index is 0.0552. The van der Waals surface area contributed by atoms with Gasteiger partial charge in [0, 0.05) is 5.56 Å². The summed E-state index contributed by atoms with van der Waals surface area (Å²) >= 11 is 6.27. The molecular formula is C17H10FNO3S2. The molecule has 7 heteroatoms. The van der Waals surface area contributed by atoms with Crippen LogP contribution in [0.1, 0.15) is 15.9 Å². The molecule has 4 nitrogen and oxygen atoms in total. The van der Waals surface area contributed by atoms with E-state index in [1.54, 1.807) is 24.3 Å². The van der Waals surface area contributed by atoms with Gasteiger partial charge in [0.2, 0.25) is 0 Å². The van der Waals surface area contributed by atoms with Gasteiger partial charge in [0.05, 0.1) is 16.2 Å². The van der Waals surface area contributed by atoms with Crippen molar-refractivity contribution in [1.82, 2.24) is 0 Å². The Morgan fingerprint density at radius 1 is 1.21 bits per heavy atom. The van der Waals surface area contributed by atoms with Crippen LogP contribution >= 0.6 is 24.0 Å². The van der Waals surface area contributed by atoms with Crippen LogP contribution in [0.3, 0.4) is 0 Å². The second kappa shape index (κ2) is 6.54. The number of nitrogens with zero attached hydrogens (tertiary/aromatic N) is 1. The van der Waals surface area contributed by atoms with Gasteiger partial charge in [0.25, 0.3) is 5.91 Å². The number of anilines is 1. The number of carboxylic acids is 1. The fourth-order valence-corrected chi connectivity index (χ4v) is 3.49. The summed E-state index contributed by atoms with van der Waals surface area (Å²) in [6.45, 7) is 0. The molecule has 1 aliphatic rings. The molecule has 0 radical (unpaired) electrons. The van der Waals surface area contributed by atoms with Gasteiger partial charge in [-0.25, -0.2) is 9.18 Å². The van der Waals surface area contributed by atoms with Crippen LogP contribution in [0.15, 0.2) is 53.4 Å². The highest BCUT2D eigenvalue weighted by Gasteiger charge is 2.33. The molecule has 120 valence electrons. The van der Waals surface area contributed by atoms with Gasteiger partial charge in [-0.15, -0.1) is 0 Å². The number of benzene rings is 2. The molecule has 0 unspecified atom stereocenters. The molecule has 24 heavy (non-hydrogen) atoms. The molecule has 0 aromatic heterocycles. The second-order valence-corrected chi connectivity index (χ2v) is 6.57. The predicted molar refractivity (Wildman–Crippen MR) is 95.5 cm³/mol. The first-order chi connectivity index (χ1) is 11.5. The Morgan fingerprint density at radius 3 is 2.67 bits per heavy atom. The lowest BCUT2D eigenvalue weighted by atomic mass is 10.1. The molecule has 0 aliphatic carbocycles. The fourth-order valence-electron chi connectivity index (χ4n) is 2.20. The van der Waals surface area contributed by atoms with E-state index in [2.05, 4.69) is 0 Å². The van der Waals surface area contributed by atoms with E-state index in [9.17, 15) is 14.0 Å². The fraction of sp³-hybridized carbons (Fsp3) is 0. The van der Waals surface area contributed by atoms with Crippen molar-refractivity contribution < 1.29 is 19.1 Å². The number of carbonyl (C=O) groups is 2. The molecule has 0 bridgehead atoms. The maximum Gasteiger partial charge on any atom is 0.335 e. The number of thiocarbonyl (C=S) groups is 1. The van der Waals surface area contributed by atoms with Crippen LogP contribution in [-0.2, 0) is 4.79 Å². The molecule has 2 aromatic rings. The number of amides is 1. The molecule has 2 aromatic carbocycles. The van der Waals surface area contributed by atoms with Crippen molar-refractivity contribution in [2.75, 3.05) is 4.90 Å². The maximum atomic E-state index is 13.8. The van der Waals surface area contributed by atoms with Crippen molar-refractivity contribution in [3.05, 3.63) is 70.4 Å². The molecule has 1 saturated heterocycles. The van der Waals surface area contributed by atoms with Gasteiger partial charge in [-0.2, -0.15) is 0 Å². The highest BCUT2D eigenvalue weighted by molar-refractivity contribution is 8.27. The van der Waals surface area contributed by atoms with E-state index in [0.29, 0.717) is 5.69 Å². The maximum absolute atomic E-state index is 13.8. The van der Waals surface area contributed by atoms with Gasteiger partial charge in [-0.05, 0) is 30.3 Å². The van der Waals surface area contributed by atoms with Crippen LogP contribution in [0.2, 0.25) is 0 Å². The predicted octanol–water partition coefficient (Wildman–Crippen LogP) is 3.93. The van der Waals surface area contributed by atoms with Gasteiger partial charge in [-0.1, -0.05) is 48.2 Å². The zero-order chi connectivity index (χ0) is 17.3. The van der Waals surface area contributed by atoms with Crippen LogP contribution in [0.25, 0.3) is 6.08 Å². The molecular weight excluding hydrogens is 349 g/mol. The third-order valence-electron chi connectivity index (χ3n) is 3.34. The van der Waals surface area contributed by atoms with E-state index < -0.39 is 17.7 Å². The van der Waals surface area contributed by atoms with Crippen LogP contribution in [-0.4, -0.2) is 21.3 Å². The largest absolute Gasteiger partial charge is 0.478 e. The lowest BCUT2D eigenvalue weighted by Gasteiger charge is -2.14. The Bertz CT molecular complexity index is 895. The number of carboxylic acid groups (broad SMARTS) is 1. The molecule has 3 rings (SSSR count). The Labute approximate surface area is 146 Å². The highest BCUT2D eigenvalue weighted by atomic mass is 32.2. The topological polar surface area (TPSA) is 57.6 Å². The third-order valence-corrected chi connectivity index (χ3v) is 4.64. The summed E-state index contributed by atoms with van der Waals surface area (Å²) in [7, 11) is 0. The minimum atomic E-state index is -1.09. The normalized spacial score (nSPS) is 16.0. The van der Waals surface area contributed by atoms with Gasteiger partial charge < -0.3 is 5.11 Å². The number of carbonyl (C=O) groups excluding carboxylic acids is 1. The van der Waals surface area contributed by atoms with E-state index in [0.717, 1.165) is 11.8 Å². The Balaban J connectivity index is 1.97. The first kappa shape index (κ1) is 16.4. The van der Waals surface area contributed by atoms with Crippen molar-refractivity contribution in [2.45, 2.75) is 0 Å². The monoisotopic (exact) mass is 359 g/mol. The molecule has 0 atom stereocenters. The summed E-state index contributed by atoms with van der Waals surface area (Å²) in [4.78, 5) is 25.2. The van der Waals surface area contributed by atoms with Crippen molar-refractivity contribution in [3.63, 3.8) is 0 Å². The minimum Gasteiger partial charge on any atom is -0.478 e. The molecule has 1 aliphatic heterocycles. The molecule has 0 saturated carbocycles. The van der Waals surface area contributed by atoms with E-state index in [4.69, 9.17) is 17.3 Å². The second-order valence-electron chi connectivity index (χ2n) is 4.89. The summed E-state index contributed by atoms with van der Waals surface area (Å²) in [5, 5.41) is 9.07. The van der Waals surface area contributed by atoms with Gasteiger partial charge >= 0.3 is 5.97 Å². The van der Waals surface area contributed by atoms with E-state index in [-0.39, 0.29) is 20.4 Å². The van der Waals surface area contributed by atoms with E-state index in [1.807, 2.05) is 0 Å². The van der Waals surface area contributed by atoms with Gasteiger partial charge in [0.15, 0.2) is 4.32 Å². The Kier molecular flexibility index (Phi) is 4.46. The number of thioether (sulfide) groups is 1. The number of hydrogen-bond acceptors (Lipinski definition) is 4. The summed E-state index contributed by atoms with van der Waals surface area (Å²) in [5.74, 6) is -1.93. The lowest BCUT2D eigenvalue weighted by Crippen LogP contribution is -2.27. The zero-order valence-electron chi connectivity index (χ0n) is 12.1. The molecule has 1 amide bonds. The van der Waals surface area contributed by atoms with Gasteiger partial charge in [-0.3, -0.25) is 9.69 Å². The van der Waals surface area contributed by atoms with E-state index in [1.165, 1.54) is 35.2 Å². The van der Waals surface area contributed by atoms with Gasteiger partial charge in [0.1, 0.15) is 5.82 Å².